The third-order valence-corrected chi connectivity index (χ3v) is 6.84. The van der Waals surface area contributed by atoms with E-state index in [4.69, 9.17) is 4.74 Å². The van der Waals surface area contributed by atoms with Crippen LogP contribution in [0, 0.1) is 18.8 Å². The lowest BCUT2D eigenvalue weighted by Gasteiger charge is -2.30. The third kappa shape index (κ3) is 6.38. The second-order valence-electron chi connectivity index (χ2n) is 8.67. The van der Waals surface area contributed by atoms with E-state index >= 15 is 0 Å². The number of hydrogen-bond donors (Lipinski definition) is 2. The lowest BCUT2D eigenvalue weighted by molar-refractivity contribution is -0.0329. The van der Waals surface area contributed by atoms with Crippen LogP contribution in [0.5, 0.6) is 5.75 Å². The minimum Gasteiger partial charge on any atom is -0.495 e. The van der Waals surface area contributed by atoms with E-state index in [1.54, 1.807) is 29.8 Å². The van der Waals surface area contributed by atoms with Gasteiger partial charge in [-0.25, -0.2) is 0 Å². The summed E-state index contributed by atoms with van der Waals surface area (Å²) < 4.78 is 47.2. The molecule has 2 aromatic heterocycles. The number of rotatable bonds is 6. The average Bonchev–Trinajstić information content (AvgIpc) is 3.15. The van der Waals surface area contributed by atoms with E-state index in [1.807, 2.05) is 31.2 Å². The molecular formula is C26H29F3N4OS. The first-order valence-electron chi connectivity index (χ1n) is 11.5. The molecule has 0 amide bonds. The van der Waals surface area contributed by atoms with Crippen molar-refractivity contribution >= 4 is 28.7 Å². The lowest BCUT2D eigenvalue weighted by Crippen LogP contribution is -2.36. The van der Waals surface area contributed by atoms with Crippen molar-refractivity contribution in [2.24, 2.45) is 0 Å². The SMILES string of the molecule is COc1ccc(C)cc1NCC#Cc1cc2c(NC3CCN(C)CC3)cccn2c1SC(F)(F)F. The van der Waals surface area contributed by atoms with E-state index in [0.717, 1.165) is 42.9 Å². The number of alkyl halides is 3. The Labute approximate surface area is 208 Å². The highest BCUT2D eigenvalue weighted by atomic mass is 32.2. The van der Waals surface area contributed by atoms with Gasteiger partial charge in [0.2, 0.25) is 0 Å². The first-order valence-corrected chi connectivity index (χ1v) is 12.3. The van der Waals surface area contributed by atoms with Crippen LogP contribution in [-0.4, -0.2) is 54.6 Å². The molecule has 1 aliphatic rings. The maximum absolute atomic E-state index is 13.4. The fourth-order valence-corrected chi connectivity index (χ4v) is 4.91. The van der Waals surface area contributed by atoms with E-state index < -0.39 is 5.51 Å². The highest BCUT2D eigenvalue weighted by Gasteiger charge is 2.32. The zero-order chi connectivity index (χ0) is 25.0. The van der Waals surface area contributed by atoms with E-state index in [1.165, 1.54) is 0 Å². The first-order chi connectivity index (χ1) is 16.7. The highest BCUT2D eigenvalue weighted by molar-refractivity contribution is 8.00. The molecule has 2 N–H and O–H groups in total. The number of likely N-dealkylation sites (tertiary alicyclic amines) is 1. The zero-order valence-electron chi connectivity index (χ0n) is 20.0. The van der Waals surface area contributed by atoms with Crippen molar-refractivity contribution in [2.45, 2.75) is 36.3 Å². The molecule has 1 fully saturated rings. The summed E-state index contributed by atoms with van der Waals surface area (Å²) in [6.07, 6.45) is 3.64. The third-order valence-electron chi connectivity index (χ3n) is 6.00. The molecule has 3 aromatic rings. The number of halogens is 3. The molecule has 1 aromatic carbocycles. The standard InChI is InChI=1S/C26H29F3N4OS/c1-18-8-9-24(34-3)22(16-18)30-12-4-6-19-17-23-21(31-20-10-14-32(2)15-11-20)7-5-13-33(23)25(19)35-26(27,28)29/h5,7-9,13,16-17,20,30-31H,10-12,14-15H2,1-3H3. The quantitative estimate of drug-likeness (QED) is 0.328. The van der Waals surface area contributed by atoms with Crippen LogP contribution in [0.2, 0.25) is 0 Å². The van der Waals surface area contributed by atoms with Gasteiger partial charge in [0.15, 0.2) is 0 Å². The molecule has 5 nitrogen and oxygen atoms in total. The lowest BCUT2D eigenvalue weighted by atomic mass is 10.1. The Morgan fingerprint density at radius 1 is 1.14 bits per heavy atom. The van der Waals surface area contributed by atoms with Crippen molar-refractivity contribution in [2.75, 3.05) is 44.4 Å². The van der Waals surface area contributed by atoms with E-state index in [9.17, 15) is 13.2 Å². The second kappa shape index (κ2) is 10.8. The van der Waals surface area contributed by atoms with E-state index in [2.05, 4.69) is 34.4 Å². The maximum atomic E-state index is 13.4. The van der Waals surface area contributed by atoms with Crippen molar-refractivity contribution in [1.29, 1.82) is 0 Å². The first kappa shape index (κ1) is 25.1. The molecule has 0 spiro atoms. The number of hydrogen-bond acceptors (Lipinski definition) is 5. The Morgan fingerprint density at radius 2 is 1.91 bits per heavy atom. The van der Waals surface area contributed by atoms with Gasteiger partial charge in [-0.1, -0.05) is 17.9 Å². The van der Waals surface area contributed by atoms with Crippen molar-refractivity contribution < 1.29 is 17.9 Å². The summed E-state index contributed by atoms with van der Waals surface area (Å²) >= 11 is -0.133. The zero-order valence-corrected chi connectivity index (χ0v) is 20.8. The molecule has 9 heteroatoms. The van der Waals surface area contributed by atoms with E-state index in [-0.39, 0.29) is 29.4 Å². The predicted octanol–water partition coefficient (Wildman–Crippen LogP) is 5.84. The summed E-state index contributed by atoms with van der Waals surface area (Å²) in [5, 5.41) is 6.81. The van der Waals surface area contributed by atoms with Crippen LogP contribution in [0.25, 0.3) is 5.52 Å². The number of methoxy groups -OCH3 is 1. The van der Waals surface area contributed by atoms with Gasteiger partial charge in [-0.05, 0) is 75.8 Å². The number of aryl methyl sites for hydroxylation is 1. The van der Waals surface area contributed by atoms with Crippen LogP contribution >= 0.6 is 11.8 Å². The summed E-state index contributed by atoms with van der Waals surface area (Å²) in [6.45, 7) is 4.22. The molecule has 0 saturated carbocycles. The predicted molar refractivity (Wildman–Crippen MR) is 137 cm³/mol. The monoisotopic (exact) mass is 502 g/mol. The van der Waals surface area contributed by atoms with Gasteiger partial charge in [-0.15, -0.1) is 0 Å². The molecule has 1 aliphatic heterocycles. The highest BCUT2D eigenvalue weighted by Crippen LogP contribution is 2.40. The van der Waals surface area contributed by atoms with Gasteiger partial charge < -0.3 is 24.7 Å². The minimum atomic E-state index is -4.42. The summed E-state index contributed by atoms with van der Waals surface area (Å²) in [5.41, 5.74) is -0.706. The number of fused-ring (bicyclic) bond motifs is 1. The van der Waals surface area contributed by atoms with Gasteiger partial charge in [0.25, 0.3) is 0 Å². The van der Waals surface area contributed by atoms with Crippen molar-refractivity contribution in [3.05, 3.63) is 53.7 Å². The van der Waals surface area contributed by atoms with Crippen molar-refractivity contribution in [1.82, 2.24) is 9.30 Å². The van der Waals surface area contributed by atoms with Gasteiger partial charge in [0.05, 0.1) is 36.1 Å². The molecular weight excluding hydrogens is 473 g/mol. The summed E-state index contributed by atoms with van der Waals surface area (Å²) in [4.78, 5) is 2.28. The Balaban J connectivity index is 1.60. The molecule has 3 heterocycles. The number of pyridine rings is 1. The average molecular weight is 503 g/mol. The molecule has 0 bridgehead atoms. The van der Waals surface area contributed by atoms with E-state index in [0.29, 0.717) is 16.8 Å². The number of nitrogens with zero attached hydrogens (tertiary/aromatic N) is 2. The number of piperidine rings is 1. The number of ether oxygens (including phenoxy) is 1. The summed E-state index contributed by atoms with van der Waals surface area (Å²) in [7, 11) is 3.69. The molecule has 0 atom stereocenters. The van der Waals surface area contributed by atoms with Gasteiger partial charge >= 0.3 is 5.51 Å². The fraction of sp³-hybridized carbons (Fsp3) is 0.385. The second-order valence-corrected chi connectivity index (χ2v) is 9.72. The Morgan fingerprint density at radius 3 is 2.63 bits per heavy atom. The topological polar surface area (TPSA) is 40.9 Å². The number of thioether (sulfide) groups is 1. The van der Waals surface area contributed by atoms with Crippen LogP contribution in [0.4, 0.5) is 24.5 Å². The van der Waals surface area contributed by atoms with Gasteiger partial charge in [0, 0.05) is 24.0 Å². The van der Waals surface area contributed by atoms with Crippen LogP contribution < -0.4 is 15.4 Å². The number of aromatic nitrogens is 1. The maximum Gasteiger partial charge on any atom is 0.447 e. The van der Waals surface area contributed by atoms with Crippen molar-refractivity contribution in [3.63, 3.8) is 0 Å². The summed E-state index contributed by atoms with van der Waals surface area (Å²) in [6, 6.07) is 11.5. The molecule has 0 aliphatic carbocycles. The normalized spacial score (nSPS) is 15.0. The van der Waals surface area contributed by atoms with Crippen LogP contribution in [0.1, 0.15) is 24.0 Å². The van der Waals surface area contributed by atoms with Gasteiger partial charge in [-0.3, -0.25) is 0 Å². The smallest absolute Gasteiger partial charge is 0.447 e. The molecule has 0 radical (unpaired) electrons. The number of benzene rings is 1. The molecule has 186 valence electrons. The largest absolute Gasteiger partial charge is 0.495 e. The van der Waals surface area contributed by atoms with Crippen LogP contribution in [0.15, 0.2) is 47.6 Å². The van der Waals surface area contributed by atoms with Crippen LogP contribution in [-0.2, 0) is 0 Å². The Hall–Kier alpha value is -2.96. The Kier molecular flexibility index (Phi) is 7.72. The fourth-order valence-electron chi connectivity index (χ4n) is 4.21. The van der Waals surface area contributed by atoms with Crippen molar-refractivity contribution in [3.8, 4) is 17.6 Å². The minimum absolute atomic E-state index is 0.0696. The number of anilines is 2. The number of nitrogens with one attached hydrogen (secondary N) is 2. The van der Waals surface area contributed by atoms with Crippen LogP contribution in [0.3, 0.4) is 0 Å². The molecule has 35 heavy (non-hydrogen) atoms. The Bertz CT molecular complexity index is 1240. The van der Waals surface area contributed by atoms with Gasteiger partial charge in [0.1, 0.15) is 10.8 Å². The summed E-state index contributed by atoms with van der Waals surface area (Å²) in [5.74, 6) is 6.62. The molecule has 0 unspecified atom stereocenters. The molecule has 1 saturated heterocycles. The molecule has 4 rings (SSSR count). The van der Waals surface area contributed by atoms with Gasteiger partial charge in [-0.2, -0.15) is 13.2 Å².